The third kappa shape index (κ3) is 3.95. The zero-order valence-corrected chi connectivity index (χ0v) is 11.1. The number of benzene rings is 1. The molecule has 0 spiro atoms. The summed E-state index contributed by atoms with van der Waals surface area (Å²) in [7, 11) is 0. The van der Waals surface area contributed by atoms with E-state index in [1.165, 1.54) is 0 Å². The third-order valence-electron chi connectivity index (χ3n) is 1.71. The van der Waals surface area contributed by atoms with E-state index in [9.17, 15) is 26.1 Å². The van der Waals surface area contributed by atoms with E-state index < -0.39 is 29.9 Å². The number of hydrogen-bond acceptors (Lipinski definition) is 1. The van der Waals surface area contributed by atoms with E-state index in [1.54, 1.807) is 0 Å². The van der Waals surface area contributed by atoms with E-state index in [1.807, 2.05) is 0 Å². The SMILES string of the molecule is Oc1cc(C(F)(F)F)ccc1[B-](F)(F)F.[K+]. The van der Waals surface area contributed by atoms with Gasteiger partial charge in [-0.2, -0.15) is 13.2 Å². The molecule has 0 aliphatic rings. The quantitative estimate of drug-likeness (QED) is 0.536. The third-order valence-corrected chi connectivity index (χ3v) is 1.71. The van der Waals surface area contributed by atoms with Gasteiger partial charge in [-0.1, -0.05) is 17.6 Å². The second-order valence-corrected chi connectivity index (χ2v) is 2.85. The van der Waals surface area contributed by atoms with Crippen molar-refractivity contribution < 1.29 is 82.6 Å². The smallest absolute Gasteiger partial charge is 0.511 e. The molecule has 0 radical (unpaired) electrons. The molecule has 9 heteroatoms. The van der Waals surface area contributed by atoms with Gasteiger partial charge < -0.3 is 18.1 Å². The summed E-state index contributed by atoms with van der Waals surface area (Å²) in [6, 6.07) is 0.563. The van der Waals surface area contributed by atoms with Gasteiger partial charge in [-0.25, -0.2) is 0 Å². The summed E-state index contributed by atoms with van der Waals surface area (Å²) < 4.78 is 72.3. The molecule has 1 N–H and O–H groups in total. The van der Waals surface area contributed by atoms with Crippen LogP contribution in [0.5, 0.6) is 5.75 Å². The number of aromatic hydroxyl groups is 1. The van der Waals surface area contributed by atoms with Gasteiger partial charge in [0.2, 0.25) is 0 Å². The predicted octanol–water partition coefficient (Wildman–Crippen LogP) is -0.531. The number of halogens is 6. The van der Waals surface area contributed by atoms with Crippen molar-refractivity contribution in [3.8, 4) is 5.75 Å². The Kier molecular flexibility index (Phi) is 5.40. The summed E-state index contributed by atoms with van der Waals surface area (Å²) in [6.07, 6.45) is -4.77. The van der Waals surface area contributed by atoms with Gasteiger partial charge in [-0.3, -0.25) is 0 Å². The van der Waals surface area contributed by atoms with Crippen molar-refractivity contribution in [2.24, 2.45) is 0 Å². The van der Waals surface area contributed by atoms with E-state index in [0.717, 1.165) is 0 Å². The monoisotopic (exact) mass is 268 g/mol. The largest absolute Gasteiger partial charge is 1.00 e. The Morgan fingerprint density at radius 3 is 1.88 bits per heavy atom. The molecule has 1 nitrogen and oxygen atoms in total. The first-order chi connectivity index (χ1) is 6.62. The summed E-state index contributed by atoms with van der Waals surface area (Å²) in [6.45, 7) is -5.50. The summed E-state index contributed by atoms with van der Waals surface area (Å²) in [5.41, 5.74) is -2.74. The normalized spacial score (nSPS) is 12.1. The van der Waals surface area contributed by atoms with Crippen molar-refractivity contribution in [1.82, 2.24) is 0 Å². The molecule has 0 unspecified atom stereocenters. The summed E-state index contributed by atoms with van der Waals surface area (Å²) in [5, 5.41) is 8.79. The fraction of sp³-hybridized carbons (Fsp3) is 0.143. The summed E-state index contributed by atoms with van der Waals surface area (Å²) >= 11 is 0. The Balaban J connectivity index is 0.00000225. The molecule has 0 saturated heterocycles. The minimum atomic E-state index is -5.50. The number of phenolic OH excluding ortho intramolecular Hbond substituents is 1. The Hall–Kier alpha value is 0.301. The molecular formula is C7H4BF6KO. The number of alkyl halides is 3. The van der Waals surface area contributed by atoms with Crippen LogP contribution >= 0.6 is 0 Å². The van der Waals surface area contributed by atoms with Crippen LogP contribution in [-0.4, -0.2) is 12.1 Å². The molecule has 0 bridgehead atoms. The van der Waals surface area contributed by atoms with Crippen molar-refractivity contribution in [1.29, 1.82) is 0 Å². The van der Waals surface area contributed by atoms with Crippen LogP contribution in [0.1, 0.15) is 5.56 Å². The maximum absolute atomic E-state index is 12.1. The number of phenols is 1. The second-order valence-electron chi connectivity index (χ2n) is 2.85. The molecule has 1 aromatic rings. The molecule has 0 heterocycles. The van der Waals surface area contributed by atoms with Gasteiger partial charge in [0.15, 0.2) is 0 Å². The van der Waals surface area contributed by atoms with Crippen LogP contribution in [0, 0.1) is 0 Å². The molecular weight excluding hydrogens is 264 g/mol. The van der Waals surface area contributed by atoms with Gasteiger partial charge in [0.1, 0.15) is 0 Å². The Morgan fingerprint density at radius 1 is 1.06 bits per heavy atom. The molecule has 0 aliphatic carbocycles. The topological polar surface area (TPSA) is 20.2 Å². The standard InChI is InChI=1S/C7H4BF6O.K/c9-7(10,11)4-1-2-5(6(15)3-4)8(12,13)14;/h1-3,15H;/q-1;+1. The molecule has 1 aromatic carbocycles. The fourth-order valence-electron chi connectivity index (χ4n) is 0.997. The zero-order valence-electron chi connectivity index (χ0n) is 8.02. The van der Waals surface area contributed by atoms with Gasteiger partial charge >= 0.3 is 64.5 Å². The molecule has 16 heavy (non-hydrogen) atoms. The molecule has 0 fully saturated rings. The maximum atomic E-state index is 12.1. The van der Waals surface area contributed by atoms with E-state index in [-0.39, 0.29) is 69.6 Å². The molecule has 0 amide bonds. The summed E-state index contributed by atoms with van der Waals surface area (Å²) in [5.74, 6) is -1.41. The first-order valence-corrected chi connectivity index (χ1v) is 3.72. The van der Waals surface area contributed by atoms with Crippen LogP contribution < -0.4 is 56.8 Å². The molecule has 0 saturated carbocycles. The maximum Gasteiger partial charge on any atom is 1.00 e. The van der Waals surface area contributed by atoms with Crippen LogP contribution in [-0.2, 0) is 6.18 Å². The summed E-state index contributed by atoms with van der Waals surface area (Å²) in [4.78, 5) is 0. The van der Waals surface area contributed by atoms with Crippen LogP contribution in [0.4, 0.5) is 26.1 Å². The van der Waals surface area contributed by atoms with E-state index >= 15 is 0 Å². The van der Waals surface area contributed by atoms with Gasteiger partial charge in [0.25, 0.3) is 0 Å². The Labute approximate surface area is 129 Å². The van der Waals surface area contributed by atoms with Crippen molar-refractivity contribution in [3.63, 3.8) is 0 Å². The van der Waals surface area contributed by atoms with Crippen molar-refractivity contribution >= 4 is 12.4 Å². The first-order valence-electron chi connectivity index (χ1n) is 3.72. The van der Waals surface area contributed by atoms with Gasteiger partial charge in [-0.05, 0) is 6.07 Å². The van der Waals surface area contributed by atoms with Gasteiger partial charge in [0.05, 0.1) is 11.3 Å². The van der Waals surface area contributed by atoms with Gasteiger partial charge in [-0.15, -0.1) is 0 Å². The van der Waals surface area contributed by atoms with Crippen LogP contribution in [0.3, 0.4) is 0 Å². The predicted molar refractivity (Wildman–Crippen MR) is 41.8 cm³/mol. The Bertz CT molecular complexity index is 374. The van der Waals surface area contributed by atoms with Crippen LogP contribution in [0.2, 0.25) is 0 Å². The average molecular weight is 268 g/mol. The van der Waals surface area contributed by atoms with Crippen molar-refractivity contribution in [3.05, 3.63) is 23.8 Å². The first kappa shape index (κ1) is 16.3. The molecule has 0 atom stereocenters. The van der Waals surface area contributed by atoms with Crippen LogP contribution in [0.25, 0.3) is 0 Å². The molecule has 84 valence electrons. The number of hydrogen-bond donors (Lipinski definition) is 1. The van der Waals surface area contributed by atoms with Crippen molar-refractivity contribution in [2.45, 2.75) is 6.18 Å². The molecule has 0 aromatic heterocycles. The second kappa shape index (κ2) is 5.30. The molecule has 1 rings (SSSR count). The van der Waals surface area contributed by atoms with E-state index in [0.29, 0.717) is 0 Å². The van der Waals surface area contributed by atoms with E-state index in [4.69, 9.17) is 5.11 Å². The fourth-order valence-corrected chi connectivity index (χ4v) is 0.997. The van der Waals surface area contributed by atoms with Crippen LogP contribution in [0.15, 0.2) is 18.2 Å². The minimum absolute atomic E-state index is 0. The van der Waals surface area contributed by atoms with Gasteiger partial charge in [0, 0.05) is 0 Å². The zero-order chi connectivity index (χ0) is 11.9. The average Bonchev–Trinajstić information content (AvgIpc) is 1.99. The number of rotatable bonds is 1. The Morgan fingerprint density at radius 2 is 1.56 bits per heavy atom. The minimum Gasteiger partial charge on any atom is -0.511 e. The van der Waals surface area contributed by atoms with E-state index in [2.05, 4.69) is 0 Å². The van der Waals surface area contributed by atoms with Crippen molar-refractivity contribution in [2.75, 3.05) is 0 Å². The molecule has 0 aliphatic heterocycles.